The van der Waals surface area contributed by atoms with Crippen molar-refractivity contribution < 1.29 is 0 Å². The van der Waals surface area contributed by atoms with Crippen molar-refractivity contribution in [2.45, 2.75) is 32.4 Å². The molecule has 5 heteroatoms. The number of nitrogens with zero attached hydrogens (tertiary/aromatic N) is 3. The summed E-state index contributed by atoms with van der Waals surface area (Å²) in [5, 5.41) is 7.74. The molecule has 2 N–H and O–H groups in total. The molecular weight excluding hydrogens is 226 g/mol. The Labute approximate surface area is 106 Å². The Kier molecular flexibility index (Phi) is 2.83. The average Bonchev–Trinajstić information content (AvgIpc) is 2.74. The summed E-state index contributed by atoms with van der Waals surface area (Å²) < 4.78 is 0. The molecule has 0 unspecified atom stereocenters. The van der Waals surface area contributed by atoms with Crippen LogP contribution in [0.15, 0.2) is 18.3 Å². The van der Waals surface area contributed by atoms with Crippen LogP contribution in [0.2, 0.25) is 0 Å². The van der Waals surface area contributed by atoms with Crippen molar-refractivity contribution in [3.63, 3.8) is 0 Å². The van der Waals surface area contributed by atoms with E-state index in [1.807, 2.05) is 25.3 Å². The van der Waals surface area contributed by atoms with Crippen LogP contribution in [0.5, 0.6) is 0 Å². The predicted molar refractivity (Wildman–Crippen MR) is 71.6 cm³/mol. The summed E-state index contributed by atoms with van der Waals surface area (Å²) in [5.41, 5.74) is 1.73. The van der Waals surface area contributed by atoms with Gasteiger partial charge in [0.2, 0.25) is 5.95 Å². The molecule has 1 aliphatic heterocycles. The highest BCUT2D eigenvalue weighted by Gasteiger charge is 2.20. The zero-order valence-electron chi connectivity index (χ0n) is 10.6. The molecular formula is C13H17N5. The number of pyridine rings is 1. The van der Waals surface area contributed by atoms with Gasteiger partial charge in [-0.05, 0) is 32.4 Å². The molecule has 1 aliphatic rings. The van der Waals surface area contributed by atoms with Crippen molar-refractivity contribution in [1.29, 1.82) is 0 Å². The molecule has 0 radical (unpaired) electrons. The topological polar surface area (TPSA) is 62.7 Å². The largest absolute Gasteiger partial charge is 0.350 e. The third-order valence-electron chi connectivity index (χ3n) is 3.27. The second-order valence-electron chi connectivity index (χ2n) is 4.95. The Morgan fingerprint density at radius 2 is 2.22 bits per heavy atom. The van der Waals surface area contributed by atoms with Gasteiger partial charge in [0.05, 0.1) is 0 Å². The van der Waals surface area contributed by atoms with Crippen LogP contribution in [-0.2, 0) is 0 Å². The summed E-state index contributed by atoms with van der Waals surface area (Å²) in [5.74, 6) is 0.668. The Balaban J connectivity index is 1.84. The van der Waals surface area contributed by atoms with Gasteiger partial charge in [-0.2, -0.15) is 4.98 Å². The fourth-order valence-corrected chi connectivity index (χ4v) is 2.30. The van der Waals surface area contributed by atoms with E-state index in [4.69, 9.17) is 0 Å². The third kappa shape index (κ3) is 2.26. The number of aromatic nitrogens is 3. The predicted octanol–water partition coefficient (Wildman–Crippen LogP) is 1.50. The highest BCUT2D eigenvalue weighted by Crippen LogP contribution is 2.14. The van der Waals surface area contributed by atoms with E-state index in [1.165, 1.54) is 0 Å². The van der Waals surface area contributed by atoms with E-state index in [0.29, 0.717) is 18.0 Å². The van der Waals surface area contributed by atoms with Gasteiger partial charge < -0.3 is 10.6 Å². The van der Waals surface area contributed by atoms with Gasteiger partial charge in [0.15, 0.2) is 5.65 Å². The molecule has 5 nitrogen and oxygen atoms in total. The Morgan fingerprint density at radius 3 is 3.00 bits per heavy atom. The zero-order valence-corrected chi connectivity index (χ0v) is 10.6. The van der Waals surface area contributed by atoms with Gasteiger partial charge in [0.1, 0.15) is 0 Å². The lowest BCUT2D eigenvalue weighted by atomic mass is 10.2. The molecule has 2 aromatic heterocycles. The first kappa shape index (κ1) is 11.3. The first-order valence-electron chi connectivity index (χ1n) is 6.31. The molecule has 0 amide bonds. The van der Waals surface area contributed by atoms with Crippen molar-refractivity contribution >= 4 is 17.0 Å². The lowest BCUT2D eigenvalue weighted by Gasteiger charge is -2.11. The van der Waals surface area contributed by atoms with Gasteiger partial charge in [-0.1, -0.05) is 0 Å². The van der Waals surface area contributed by atoms with E-state index in [2.05, 4.69) is 32.5 Å². The molecule has 3 rings (SSSR count). The van der Waals surface area contributed by atoms with E-state index in [0.717, 1.165) is 29.7 Å². The summed E-state index contributed by atoms with van der Waals surface area (Å²) in [7, 11) is 0. The summed E-state index contributed by atoms with van der Waals surface area (Å²) in [4.78, 5) is 13.2. The van der Waals surface area contributed by atoms with E-state index in [1.54, 1.807) is 0 Å². The minimum absolute atomic E-state index is 0.405. The fourth-order valence-electron chi connectivity index (χ4n) is 2.30. The normalized spacial score (nSPS) is 23.4. The monoisotopic (exact) mass is 243 g/mol. The Hall–Kier alpha value is -1.75. The summed E-state index contributed by atoms with van der Waals surface area (Å²) in [6, 6.07) is 4.94. The van der Waals surface area contributed by atoms with Crippen molar-refractivity contribution in [1.82, 2.24) is 20.3 Å². The molecule has 0 aromatic carbocycles. The highest BCUT2D eigenvalue weighted by molar-refractivity contribution is 5.74. The maximum absolute atomic E-state index is 4.46. The number of hydrogen-bond donors (Lipinski definition) is 2. The van der Waals surface area contributed by atoms with E-state index in [9.17, 15) is 0 Å². The van der Waals surface area contributed by atoms with Gasteiger partial charge in [0.25, 0.3) is 0 Å². The van der Waals surface area contributed by atoms with Crippen LogP contribution in [0.25, 0.3) is 11.0 Å². The maximum atomic E-state index is 4.46. The van der Waals surface area contributed by atoms with Crippen LogP contribution in [0.1, 0.15) is 19.0 Å². The first-order chi connectivity index (χ1) is 8.70. The number of fused-ring (bicyclic) bond motifs is 1. The van der Waals surface area contributed by atoms with Gasteiger partial charge in [-0.15, -0.1) is 0 Å². The maximum Gasteiger partial charge on any atom is 0.224 e. The molecule has 18 heavy (non-hydrogen) atoms. The van der Waals surface area contributed by atoms with E-state index in [-0.39, 0.29) is 0 Å². The van der Waals surface area contributed by atoms with Gasteiger partial charge in [-0.25, -0.2) is 9.97 Å². The smallest absolute Gasteiger partial charge is 0.224 e. The van der Waals surface area contributed by atoms with Crippen molar-refractivity contribution in [2.24, 2.45) is 0 Å². The molecule has 94 valence electrons. The quantitative estimate of drug-likeness (QED) is 0.837. The molecule has 2 aromatic rings. The number of hydrogen-bond acceptors (Lipinski definition) is 5. The molecule has 0 bridgehead atoms. The second kappa shape index (κ2) is 4.49. The Morgan fingerprint density at radius 1 is 1.33 bits per heavy atom. The summed E-state index contributed by atoms with van der Waals surface area (Å²) in [6.07, 6.45) is 2.92. The van der Waals surface area contributed by atoms with Gasteiger partial charge in [-0.3, -0.25) is 0 Å². The third-order valence-corrected chi connectivity index (χ3v) is 3.27. The molecule has 0 aliphatic carbocycles. The lowest BCUT2D eigenvalue weighted by Crippen LogP contribution is -2.23. The zero-order chi connectivity index (χ0) is 12.5. The van der Waals surface area contributed by atoms with Gasteiger partial charge in [0, 0.05) is 35.9 Å². The second-order valence-corrected chi connectivity index (χ2v) is 4.95. The van der Waals surface area contributed by atoms with Crippen LogP contribution in [-0.4, -0.2) is 33.6 Å². The van der Waals surface area contributed by atoms with Crippen LogP contribution >= 0.6 is 0 Å². The standard InChI is InChI=1S/C13H17N5/c1-8-3-4-10-6-15-13(18-12(10)16-8)17-11-5-9(2)14-7-11/h3-4,6,9,11,14H,5,7H2,1-2H3,(H,15,16,17,18)/t9-,11-/m1/s1. The molecule has 2 atom stereocenters. The number of anilines is 1. The highest BCUT2D eigenvalue weighted by atomic mass is 15.2. The van der Waals surface area contributed by atoms with E-state index >= 15 is 0 Å². The number of aryl methyl sites for hydroxylation is 1. The molecule has 0 saturated carbocycles. The van der Waals surface area contributed by atoms with Crippen LogP contribution in [0.4, 0.5) is 5.95 Å². The van der Waals surface area contributed by atoms with Gasteiger partial charge >= 0.3 is 0 Å². The summed E-state index contributed by atoms with van der Waals surface area (Å²) >= 11 is 0. The van der Waals surface area contributed by atoms with Crippen molar-refractivity contribution in [3.05, 3.63) is 24.0 Å². The summed E-state index contributed by atoms with van der Waals surface area (Å²) in [6.45, 7) is 5.12. The van der Waals surface area contributed by atoms with Crippen molar-refractivity contribution in [2.75, 3.05) is 11.9 Å². The van der Waals surface area contributed by atoms with E-state index < -0.39 is 0 Å². The average molecular weight is 243 g/mol. The number of rotatable bonds is 2. The van der Waals surface area contributed by atoms with Crippen LogP contribution in [0.3, 0.4) is 0 Å². The minimum Gasteiger partial charge on any atom is -0.350 e. The molecule has 1 saturated heterocycles. The molecule has 3 heterocycles. The van der Waals surface area contributed by atoms with Crippen molar-refractivity contribution in [3.8, 4) is 0 Å². The van der Waals surface area contributed by atoms with Crippen LogP contribution in [0, 0.1) is 6.92 Å². The molecule has 0 spiro atoms. The SMILES string of the molecule is Cc1ccc2cnc(N[C@H]3CN[C@H](C)C3)nc2n1. The first-order valence-corrected chi connectivity index (χ1v) is 6.31. The lowest BCUT2D eigenvalue weighted by molar-refractivity contribution is 0.660. The van der Waals surface area contributed by atoms with Crippen LogP contribution < -0.4 is 10.6 Å². The fraction of sp³-hybridized carbons (Fsp3) is 0.462. The number of nitrogens with one attached hydrogen (secondary N) is 2. The molecule has 1 fully saturated rings. The minimum atomic E-state index is 0.405. The Bertz CT molecular complexity index is 568.